The first-order valence-corrected chi connectivity index (χ1v) is 9.40. The number of nitrogens with zero attached hydrogens (tertiary/aromatic N) is 2. The zero-order chi connectivity index (χ0) is 21.5. The number of halogens is 4. The van der Waals surface area contributed by atoms with Gasteiger partial charge in [0.25, 0.3) is 5.91 Å². The van der Waals surface area contributed by atoms with Gasteiger partial charge in [0, 0.05) is 24.8 Å². The average Bonchev–Trinajstić information content (AvgIpc) is 3.36. The van der Waals surface area contributed by atoms with Crippen molar-refractivity contribution in [1.82, 2.24) is 15.2 Å². The van der Waals surface area contributed by atoms with Crippen LogP contribution in [0.4, 0.5) is 23.4 Å². The zero-order valence-corrected chi connectivity index (χ0v) is 15.8. The van der Waals surface area contributed by atoms with Gasteiger partial charge in [-0.25, -0.2) is 4.39 Å². The molecule has 1 aromatic carbocycles. The Bertz CT molecular complexity index is 995. The van der Waals surface area contributed by atoms with Crippen LogP contribution in [0.15, 0.2) is 35.5 Å². The van der Waals surface area contributed by atoms with Gasteiger partial charge in [-0.05, 0) is 31.0 Å². The van der Waals surface area contributed by atoms with Crippen LogP contribution in [0.5, 0.6) is 0 Å². The van der Waals surface area contributed by atoms with Crippen LogP contribution in [0.3, 0.4) is 0 Å². The van der Waals surface area contributed by atoms with Gasteiger partial charge in [-0.1, -0.05) is 6.07 Å². The number of likely N-dealkylation sites (tertiary alicyclic amines) is 1. The van der Waals surface area contributed by atoms with E-state index >= 15 is 0 Å². The predicted octanol–water partition coefficient (Wildman–Crippen LogP) is 2.48. The summed E-state index contributed by atoms with van der Waals surface area (Å²) in [4.78, 5) is 20.5. The molecule has 2 aliphatic heterocycles. The number of hydrogen-bond acceptors (Lipinski definition) is 4. The number of amidine groups is 1. The number of aliphatic imine (C=N–C) groups is 1. The number of benzene rings is 1. The van der Waals surface area contributed by atoms with Crippen molar-refractivity contribution < 1.29 is 22.4 Å². The number of H-pyrrole nitrogens is 1. The van der Waals surface area contributed by atoms with Crippen LogP contribution < -0.4 is 16.4 Å². The van der Waals surface area contributed by atoms with E-state index in [1.165, 1.54) is 18.3 Å². The summed E-state index contributed by atoms with van der Waals surface area (Å²) in [7, 11) is 0. The Hall–Kier alpha value is -3.08. The maximum atomic E-state index is 14.8. The third-order valence-corrected chi connectivity index (χ3v) is 5.10. The van der Waals surface area contributed by atoms with Crippen LogP contribution in [0, 0.1) is 5.82 Å². The summed E-state index contributed by atoms with van der Waals surface area (Å²) in [6, 6.07) is 5.43. The lowest BCUT2D eigenvalue weighted by molar-refractivity contribution is -0.118. The maximum Gasteiger partial charge on any atom is 0.408 e. The van der Waals surface area contributed by atoms with Crippen molar-refractivity contribution in [3.63, 3.8) is 0 Å². The molecule has 2 aliphatic rings. The third kappa shape index (κ3) is 3.84. The van der Waals surface area contributed by atoms with Crippen molar-refractivity contribution in [3.05, 3.63) is 53.0 Å². The van der Waals surface area contributed by atoms with E-state index in [9.17, 15) is 22.4 Å². The van der Waals surface area contributed by atoms with E-state index in [4.69, 9.17) is 5.73 Å². The quantitative estimate of drug-likeness (QED) is 0.569. The second kappa shape index (κ2) is 7.31. The zero-order valence-electron chi connectivity index (χ0n) is 15.8. The van der Waals surface area contributed by atoms with E-state index in [-0.39, 0.29) is 17.0 Å². The summed E-state index contributed by atoms with van der Waals surface area (Å²) in [5, 5.41) is 5.64. The number of nitrogens with two attached hydrogens (primary N) is 1. The molecular weight excluding hydrogens is 404 g/mol. The van der Waals surface area contributed by atoms with Crippen LogP contribution in [-0.2, 0) is 5.79 Å². The van der Waals surface area contributed by atoms with E-state index in [1.807, 2.05) is 0 Å². The Morgan fingerprint density at radius 1 is 1.20 bits per heavy atom. The second-order valence-corrected chi connectivity index (χ2v) is 7.30. The molecule has 7 nitrogen and oxygen atoms in total. The summed E-state index contributed by atoms with van der Waals surface area (Å²) in [5.74, 6) is -2.54. The van der Waals surface area contributed by atoms with Gasteiger partial charge in [0.15, 0.2) is 5.79 Å². The fraction of sp³-hybridized carbons (Fsp3) is 0.368. The van der Waals surface area contributed by atoms with Crippen molar-refractivity contribution >= 4 is 17.6 Å². The molecule has 1 aromatic heterocycles. The number of fused-ring (bicyclic) bond motifs is 1. The molecule has 3 heterocycles. The van der Waals surface area contributed by atoms with E-state index in [2.05, 4.69) is 20.6 Å². The molecular formula is C19H20F4N6O. The van der Waals surface area contributed by atoms with E-state index in [0.29, 0.717) is 24.5 Å². The van der Waals surface area contributed by atoms with Gasteiger partial charge in [-0.3, -0.25) is 15.5 Å². The number of anilines is 1. The lowest BCUT2D eigenvalue weighted by Crippen LogP contribution is -2.61. The van der Waals surface area contributed by atoms with Crippen LogP contribution in [0.2, 0.25) is 0 Å². The number of alkyl halides is 3. The number of nitrogens with one attached hydrogen (secondary N) is 3. The molecule has 0 aliphatic carbocycles. The Morgan fingerprint density at radius 3 is 2.60 bits per heavy atom. The highest BCUT2D eigenvalue weighted by atomic mass is 19.4. The summed E-state index contributed by atoms with van der Waals surface area (Å²) in [6.45, 7) is -0.231. The highest BCUT2D eigenvalue weighted by molar-refractivity contribution is 6.05. The maximum absolute atomic E-state index is 14.8. The summed E-state index contributed by atoms with van der Waals surface area (Å²) < 4.78 is 52.7. The minimum absolute atomic E-state index is 0.0772. The number of amides is 1. The number of carbonyl (C=O) groups excluding carboxylic acids is 1. The van der Waals surface area contributed by atoms with Crippen LogP contribution >= 0.6 is 0 Å². The largest absolute Gasteiger partial charge is 0.408 e. The molecule has 0 bridgehead atoms. The average molecular weight is 424 g/mol. The standard InChI is InChI=1S/C19H20F4N6O/c20-14-9-11(3-4-12(14)17(30)29-7-1-2-8-29)19(24)27-15-13(5-6-25-15)16(28-19)26-10-18(21,22)23/h3-6,9,25,27H,1-2,7-8,10,24H2,(H,26,28). The first-order chi connectivity index (χ1) is 14.2. The topological polar surface area (TPSA) is 98.5 Å². The van der Waals surface area contributed by atoms with Crippen LogP contribution in [-0.4, -0.2) is 47.4 Å². The van der Waals surface area contributed by atoms with Crippen LogP contribution in [0.25, 0.3) is 0 Å². The first-order valence-electron chi connectivity index (χ1n) is 9.40. The van der Waals surface area contributed by atoms with Gasteiger partial charge < -0.3 is 20.5 Å². The number of rotatable bonds is 3. The van der Waals surface area contributed by atoms with E-state index < -0.39 is 30.2 Å². The van der Waals surface area contributed by atoms with E-state index in [0.717, 1.165) is 18.9 Å². The smallest absolute Gasteiger partial charge is 0.348 e. The normalized spacial score (nSPS) is 22.6. The fourth-order valence-electron chi connectivity index (χ4n) is 3.61. The number of aromatic amines is 1. The molecule has 1 fully saturated rings. The molecule has 0 radical (unpaired) electrons. The van der Waals surface area contributed by atoms with Crippen LogP contribution in [0.1, 0.15) is 34.3 Å². The third-order valence-electron chi connectivity index (χ3n) is 5.10. The SMILES string of the molecule is NC1(c2ccc(C(=O)N3CCCC3)c(F)c2)NC(=NCC(F)(F)F)c2cc[nH]c2N1. The van der Waals surface area contributed by atoms with Crippen molar-refractivity contribution in [2.75, 3.05) is 25.0 Å². The molecule has 4 rings (SSSR count). The number of aromatic nitrogens is 1. The molecule has 1 amide bonds. The van der Waals surface area contributed by atoms with Gasteiger partial charge in [-0.2, -0.15) is 13.2 Å². The Labute approximate surface area is 169 Å². The molecule has 1 unspecified atom stereocenters. The molecule has 1 atom stereocenters. The Balaban J connectivity index is 1.64. The van der Waals surface area contributed by atoms with Gasteiger partial charge in [0.05, 0.1) is 11.1 Å². The van der Waals surface area contributed by atoms with Gasteiger partial charge >= 0.3 is 6.18 Å². The number of carbonyl (C=O) groups is 1. The second-order valence-electron chi connectivity index (χ2n) is 7.30. The van der Waals surface area contributed by atoms with E-state index in [1.54, 1.807) is 11.0 Å². The summed E-state index contributed by atoms with van der Waals surface area (Å²) in [6.07, 6.45) is -1.21. The minimum atomic E-state index is -4.49. The summed E-state index contributed by atoms with van der Waals surface area (Å²) in [5.41, 5.74) is 6.83. The van der Waals surface area contributed by atoms with Crippen molar-refractivity contribution in [2.24, 2.45) is 10.7 Å². The van der Waals surface area contributed by atoms with Crippen molar-refractivity contribution in [2.45, 2.75) is 24.8 Å². The van der Waals surface area contributed by atoms with Gasteiger partial charge in [0.2, 0.25) is 0 Å². The van der Waals surface area contributed by atoms with Gasteiger partial charge in [-0.15, -0.1) is 0 Å². The van der Waals surface area contributed by atoms with Crippen molar-refractivity contribution in [3.8, 4) is 0 Å². The molecule has 2 aromatic rings. The predicted molar refractivity (Wildman–Crippen MR) is 102 cm³/mol. The Kier molecular flexibility index (Phi) is 4.92. The fourth-order valence-corrected chi connectivity index (χ4v) is 3.61. The molecule has 1 saturated heterocycles. The molecule has 160 valence electrons. The highest BCUT2D eigenvalue weighted by Crippen LogP contribution is 2.29. The molecule has 0 saturated carbocycles. The minimum Gasteiger partial charge on any atom is -0.348 e. The lowest BCUT2D eigenvalue weighted by Gasteiger charge is -2.38. The number of hydrogen-bond donors (Lipinski definition) is 4. The molecule has 30 heavy (non-hydrogen) atoms. The van der Waals surface area contributed by atoms with Gasteiger partial charge in [0.1, 0.15) is 24.0 Å². The lowest BCUT2D eigenvalue weighted by atomic mass is 10.0. The Morgan fingerprint density at radius 2 is 1.93 bits per heavy atom. The monoisotopic (exact) mass is 424 g/mol. The first kappa shape index (κ1) is 20.2. The van der Waals surface area contributed by atoms with Crippen molar-refractivity contribution in [1.29, 1.82) is 0 Å². The molecule has 11 heteroatoms. The molecule has 5 N–H and O–H groups in total. The highest BCUT2D eigenvalue weighted by Gasteiger charge is 2.37. The molecule has 0 spiro atoms. The summed E-state index contributed by atoms with van der Waals surface area (Å²) >= 11 is 0.